The Bertz CT molecular complexity index is 275. The summed E-state index contributed by atoms with van der Waals surface area (Å²) in [5.74, 6) is 12.4. The van der Waals surface area contributed by atoms with Crippen molar-refractivity contribution in [2.24, 2.45) is 11.8 Å². The molecule has 2 saturated heterocycles. The summed E-state index contributed by atoms with van der Waals surface area (Å²) in [5, 5.41) is 0. The van der Waals surface area contributed by atoms with Crippen molar-refractivity contribution in [3.63, 3.8) is 0 Å². The molecule has 0 N–H and O–H groups in total. The minimum Gasteiger partial charge on any atom is -0.285 e. The van der Waals surface area contributed by atoms with Crippen LogP contribution in [0.15, 0.2) is 0 Å². The van der Waals surface area contributed by atoms with E-state index in [0.717, 1.165) is 11.8 Å². The number of nitrogens with zero attached hydrogens (tertiary/aromatic N) is 2. The van der Waals surface area contributed by atoms with Gasteiger partial charge in [0.05, 0.1) is 0 Å². The average molecular weight is 379 g/mol. The minimum atomic E-state index is 0.963. The maximum Gasteiger partial charge on any atom is 0.0452 e. The summed E-state index contributed by atoms with van der Waals surface area (Å²) in [6, 6.07) is 0. The second-order valence-electron chi connectivity index (χ2n) is 6.75. The van der Waals surface area contributed by atoms with Crippen LogP contribution in [0, 0.1) is 11.8 Å². The van der Waals surface area contributed by atoms with E-state index in [9.17, 15) is 0 Å². The van der Waals surface area contributed by atoms with Gasteiger partial charge in [-0.1, -0.05) is 6.42 Å². The van der Waals surface area contributed by atoms with E-state index in [1.165, 1.54) is 85.3 Å². The van der Waals surface area contributed by atoms with E-state index >= 15 is 0 Å². The van der Waals surface area contributed by atoms with Crippen LogP contribution >= 0.6 is 47.0 Å². The zero-order valence-electron chi connectivity index (χ0n) is 13.6. The molecule has 2 heterocycles. The molecule has 3 rings (SSSR count). The second-order valence-corrected chi connectivity index (χ2v) is 11.1. The molecule has 0 amide bonds. The van der Waals surface area contributed by atoms with Gasteiger partial charge in [-0.05, 0) is 31.1 Å². The van der Waals surface area contributed by atoms with Gasteiger partial charge in [-0.2, -0.15) is 0 Å². The van der Waals surface area contributed by atoms with Gasteiger partial charge in [0.15, 0.2) is 0 Å². The fraction of sp³-hybridized carbons (Fsp3) is 1.00. The van der Waals surface area contributed by atoms with Crippen LogP contribution in [0.25, 0.3) is 0 Å². The molecule has 0 aromatic carbocycles. The first-order valence-corrected chi connectivity index (χ1v) is 13.3. The number of thioether (sulfide) groups is 4. The molecule has 1 aliphatic carbocycles. The fourth-order valence-corrected chi connectivity index (χ4v) is 8.21. The van der Waals surface area contributed by atoms with Gasteiger partial charge in [-0.15, -0.1) is 47.0 Å². The molecule has 1 saturated carbocycles. The Morgan fingerprint density at radius 1 is 0.636 bits per heavy atom. The first kappa shape index (κ1) is 18.1. The second kappa shape index (κ2) is 10.3. The Labute approximate surface area is 153 Å². The lowest BCUT2D eigenvalue weighted by Crippen LogP contribution is -2.35. The van der Waals surface area contributed by atoms with Gasteiger partial charge >= 0.3 is 0 Å². The molecular formula is C16H30N2S4. The zero-order chi connectivity index (χ0) is 15.0. The molecule has 2 atom stereocenters. The molecule has 0 aromatic rings. The van der Waals surface area contributed by atoms with E-state index in [0.29, 0.717) is 0 Å². The molecule has 6 heteroatoms. The van der Waals surface area contributed by atoms with E-state index in [1.807, 2.05) is 0 Å². The molecule has 0 bridgehead atoms. The lowest BCUT2D eigenvalue weighted by atomic mass is 9.81. The maximum atomic E-state index is 2.72. The van der Waals surface area contributed by atoms with Crippen molar-refractivity contribution < 1.29 is 0 Å². The van der Waals surface area contributed by atoms with Crippen molar-refractivity contribution in [3.05, 3.63) is 0 Å². The molecule has 0 spiro atoms. The molecule has 0 aromatic heterocycles. The van der Waals surface area contributed by atoms with Gasteiger partial charge in [-0.25, -0.2) is 0 Å². The highest BCUT2D eigenvalue weighted by atomic mass is 32.2. The van der Waals surface area contributed by atoms with Crippen molar-refractivity contribution in [3.8, 4) is 0 Å². The first-order chi connectivity index (χ1) is 10.9. The number of hydrogen-bond donors (Lipinski definition) is 0. The predicted octanol–water partition coefficient (Wildman–Crippen LogP) is 4.19. The lowest BCUT2D eigenvalue weighted by Gasteiger charge is -2.34. The van der Waals surface area contributed by atoms with Crippen LogP contribution in [-0.2, 0) is 0 Å². The highest BCUT2D eigenvalue weighted by Crippen LogP contribution is 2.32. The summed E-state index contributed by atoms with van der Waals surface area (Å²) in [6.07, 6.45) is 5.91. The Morgan fingerprint density at radius 3 is 1.45 bits per heavy atom. The van der Waals surface area contributed by atoms with Crippen molar-refractivity contribution in [2.45, 2.75) is 25.7 Å². The Balaban J connectivity index is 1.42. The van der Waals surface area contributed by atoms with Crippen molar-refractivity contribution >= 4 is 47.0 Å². The van der Waals surface area contributed by atoms with E-state index in [2.05, 4.69) is 56.8 Å². The van der Waals surface area contributed by atoms with Gasteiger partial charge in [0.2, 0.25) is 0 Å². The normalized spacial score (nSPS) is 33.3. The molecule has 3 fully saturated rings. The first-order valence-electron chi connectivity index (χ1n) is 8.66. The van der Waals surface area contributed by atoms with Gasteiger partial charge in [0.25, 0.3) is 0 Å². The molecule has 3 aliphatic rings. The van der Waals surface area contributed by atoms with E-state index in [-0.39, 0.29) is 0 Å². The summed E-state index contributed by atoms with van der Waals surface area (Å²) in [7, 11) is 0. The highest BCUT2D eigenvalue weighted by Gasteiger charge is 2.26. The van der Waals surface area contributed by atoms with Crippen LogP contribution in [0.2, 0.25) is 0 Å². The molecule has 128 valence electrons. The third-order valence-corrected chi connectivity index (χ3v) is 9.44. The number of hydrogen-bond acceptors (Lipinski definition) is 6. The smallest absolute Gasteiger partial charge is 0.0452 e. The largest absolute Gasteiger partial charge is 0.285 e. The lowest BCUT2D eigenvalue weighted by molar-refractivity contribution is 0.176. The van der Waals surface area contributed by atoms with Crippen LogP contribution in [0.3, 0.4) is 0 Å². The molecule has 2 nitrogen and oxygen atoms in total. The van der Waals surface area contributed by atoms with Crippen LogP contribution in [-0.4, -0.2) is 69.4 Å². The van der Waals surface area contributed by atoms with Crippen molar-refractivity contribution in [2.75, 3.05) is 59.6 Å². The molecular weight excluding hydrogens is 348 g/mol. The number of rotatable bonds is 4. The Kier molecular flexibility index (Phi) is 8.52. The molecule has 0 radical (unpaired) electrons. The third-order valence-electron chi connectivity index (χ3n) is 4.76. The van der Waals surface area contributed by atoms with Gasteiger partial charge < -0.3 is 0 Å². The van der Waals surface area contributed by atoms with E-state index in [1.54, 1.807) is 0 Å². The topological polar surface area (TPSA) is 6.48 Å². The van der Waals surface area contributed by atoms with Gasteiger partial charge in [0.1, 0.15) is 0 Å². The van der Waals surface area contributed by atoms with Crippen LogP contribution in [0.1, 0.15) is 25.7 Å². The summed E-state index contributed by atoms with van der Waals surface area (Å²) in [5.41, 5.74) is 0. The SMILES string of the molecule is C1CC(CN2CSCCSC2)CC(CN2CSCCSC2)C1. The fourth-order valence-electron chi connectivity index (χ4n) is 3.76. The maximum absolute atomic E-state index is 2.72. The summed E-state index contributed by atoms with van der Waals surface area (Å²) in [4.78, 5) is 5.43. The van der Waals surface area contributed by atoms with E-state index in [4.69, 9.17) is 0 Å². The van der Waals surface area contributed by atoms with Crippen LogP contribution in [0.4, 0.5) is 0 Å². The quantitative estimate of drug-likeness (QED) is 0.718. The third kappa shape index (κ3) is 6.32. The van der Waals surface area contributed by atoms with Gasteiger partial charge in [-0.3, -0.25) is 9.80 Å². The Morgan fingerprint density at radius 2 is 1.05 bits per heavy atom. The standard InChI is InChI=1S/C16H30N2S4/c1-2-15(9-17-11-19-4-5-20-12-17)8-16(3-1)10-18-13-21-6-7-22-14-18/h15-16H,1-14H2. The van der Waals surface area contributed by atoms with E-state index < -0.39 is 0 Å². The summed E-state index contributed by atoms with van der Waals surface area (Å²) in [6.45, 7) is 2.72. The predicted molar refractivity (Wildman–Crippen MR) is 108 cm³/mol. The summed E-state index contributed by atoms with van der Waals surface area (Å²) < 4.78 is 0. The molecule has 2 aliphatic heterocycles. The molecule has 2 unspecified atom stereocenters. The van der Waals surface area contributed by atoms with Crippen molar-refractivity contribution in [1.29, 1.82) is 0 Å². The van der Waals surface area contributed by atoms with Crippen LogP contribution in [0.5, 0.6) is 0 Å². The highest BCUT2D eigenvalue weighted by molar-refractivity contribution is 8.03. The van der Waals surface area contributed by atoms with Crippen molar-refractivity contribution in [1.82, 2.24) is 9.80 Å². The van der Waals surface area contributed by atoms with Crippen LogP contribution < -0.4 is 0 Å². The monoisotopic (exact) mass is 378 g/mol. The zero-order valence-corrected chi connectivity index (χ0v) is 16.8. The Hall–Kier alpha value is 1.32. The summed E-state index contributed by atoms with van der Waals surface area (Å²) >= 11 is 8.54. The van der Waals surface area contributed by atoms with Gasteiger partial charge in [0, 0.05) is 59.6 Å². The average Bonchev–Trinajstić information content (AvgIpc) is 2.93. The minimum absolute atomic E-state index is 0.963. The molecule has 22 heavy (non-hydrogen) atoms.